The van der Waals surface area contributed by atoms with E-state index in [4.69, 9.17) is 4.74 Å². The van der Waals surface area contributed by atoms with E-state index in [-0.39, 0.29) is 23.8 Å². The van der Waals surface area contributed by atoms with Gasteiger partial charge in [0.1, 0.15) is 5.75 Å². The van der Waals surface area contributed by atoms with Gasteiger partial charge < -0.3 is 20.3 Å². The maximum atomic E-state index is 13.3. The molecule has 0 radical (unpaired) electrons. The van der Waals surface area contributed by atoms with Crippen molar-refractivity contribution in [1.29, 1.82) is 0 Å². The maximum absolute atomic E-state index is 13.3. The van der Waals surface area contributed by atoms with Crippen LogP contribution in [0.4, 0.5) is 5.69 Å². The zero-order valence-corrected chi connectivity index (χ0v) is 18.1. The van der Waals surface area contributed by atoms with Crippen molar-refractivity contribution in [2.24, 2.45) is 0 Å². The first kappa shape index (κ1) is 20.8. The number of nitrogens with zero attached hydrogens (tertiary/aromatic N) is 2. The van der Waals surface area contributed by atoms with Crippen LogP contribution in [0.5, 0.6) is 5.75 Å². The zero-order chi connectivity index (χ0) is 22.3. The Balaban J connectivity index is 1.59. The summed E-state index contributed by atoms with van der Waals surface area (Å²) in [7, 11) is 1.58. The zero-order valence-electron chi connectivity index (χ0n) is 18.1. The second-order valence-electron chi connectivity index (χ2n) is 8.38. The van der Waals surface area contributed by atoms with E-state index in [2.05, 4.69) is 15.6 Å². The summed E-state index contributed by atoms with van der Waals surface area (Å²) in [5, 5.41) is 5.43. The minimum atomic E-state index is -0.955. The second kappa shape index (κ2) is 7.68. The van der Waals surface area contributed by atoms with E-state index in [1.807, 2.05) is 6.07 Å². The molecule has 1 atom stereocenters. The first-order valence-corrected chi connectivity index (χ1v) is 10.4. The SMILES string of the molecule is CNC(=O)c1ccc(C2CCCN2C(=O)c2ccc3c(c2)NC(=O)C(C)(C)O3)nc1C. The highest BCUT2D eigenvalue weighted by Crippen LogP contribution is 2.36. The number of hydrogen-bond donors (Lipinski definition) is 2. The average Bonchev–Trinajstić information content (AvgIpc) is 3.23. The van der Waals surface area contributed by atoms with Crippen LogP contribution in [-0.2, 0) is 4.79 Å². The summed E-state index contributed by atoms with van der Waals surface area (Å²) in [4.78, 5) is 43.9. The summed E-state index contributed by atoms with van der Waals surface area (Å²) in [6.45, 7) is 5.81. The molecular formula is C23H26N4O4. The number of hydrogen-bond acceptors (Lipinski definition) is 5. The van der Waals surface area contributed by atoms with E-state index < -0.39 is 5.60 Å². The normalized spacial score (nSPS) is 19.3. The van der Waals surface area contributed by atoms with E-state index in [1.54, 1.807) is 57.0 Å². The fraction of sp³-hybridized carbons (Fsp3) is 0.391. The summed E-state index contributed by atoms with van der Waals surface area (Å²) in [6.07, 6.45) is 1.67. The van der Waals surface area contributed by atoms with Crippen LogP contribution in [0.1, 0.15) is 64.8 Å². The van der Waals surface area contributed by atoms with E-state index in [0.29, 0.717) is 34.8 Å². The number of carbonyl (C=O) groups excluding carboxylic acids is 3. The van der Waals surface area contributed by atoms with E-state index in [0.717, 1.165) is 18.5 Å². The third kappa shape index (κ3) is 3.73. The van der Waals surface area contributed by atoms with Gasteiger partial charge in [-0.1, -0.05) is 0 Å². The molecule has 1 aromatic carbocycles. The summed E-state index contributed by atoms with van der Waals surface area (Å²) in [5.74, 6) is -0.0163. The Morgan fingerprint density at radius 1 is 1.26 bits per heavy atom. The van der Waals surface area contributed by atoms with Gasteiger partial charge in [0.15, 0.2) is 5.60 Å². The van der Waals surface area contributed by atoms with E-state index >= 15 is 0 Å². The van der Waals surface area contributed by atoms with Crippen molar-refractivity contribution < 1.29 is 19.1 Å². The molecule has 0 spiro atoms. The van der Waals surface area contributed by atoms with Crippen LogP contribution in [0.25, 0.3) is 0 Å². The monoisotopic (exact) mass is 422 g/mol. The molecular weight excluding hydrogens is 396 g/mol. The predicted octanol–water partition coefficient (Wildman–Crippen LogP) is 2.84. The molecule has 8 heteroatoms. The third-order valence-corrected chi connectivity index (χ3v) is 5.82. The molecule has 1 aromatic heterocycles. The summed E-state index contributed by atoms with van der Waals surface area (Å²) < 4.78 is 5.76. The highest BCUT2D eigenvalue weighted by Gasteiger charge is 2.37. The lowest BCUT2D eigenvalue weighted by molar-refractivity contribution is -0.129. The van der Waals surface area contributed by atoms with Crippen LogP contribution in [0.3, 0.4) is 0 Å². The molecule has 0 bridgehead atoms. The molecule has 3 heterocycles. The highest BCUT2D eigenvalue weighted by atomic mass is 16.5. The summed E-state index contributed by atoms with van der Waals surface area (Å²) in [5.41, 5.74) is 1.95. The lowest BCUT2D eigenvalue weighted by atomic mass is 10.0. The maximum Gasteiger partial charge on any atom is 0.268 e. The van der Waals surface area contributed by atoms with E-state index in [9.17, 15) is 14.4 Å². The summed E-state index contributed by atoms with van der Waals surface area (Å²) in [6, 6.07) is 8.51. The van der Waals surface area contributed by atoms with Crippen molar-refractivity contribution in [3.8, 4) is 5.75 Å². The van der Waals surface area contributed by atoms with Gasteiger partial charge in [-0.15, -0.1) is 0 Å². The fourth-order valence-electron chi connectivity index (χ4n) is 4.07. The minimum Gasteiger partial charge on any atom is -0.476 e. The van der Waals surface area contributed by atoms with Crippen molar-refractivity contribution in [2.45, 2.75) is 45.3 Å². The van der Waals surface area contributed by atoms with Gasteiger partial charge in [0.2, 0.25) is 0 Å². The number of rotatable bonds is 3. The number of benzene rings is 1. The van der Waals surface area contributed by atoms with Crippen LogP contribution >= 0.6 is 0 Å². The lowest BCUT2D eigenvalue weighted by Crippen LogP contribution is -2.45. The fourth-order valence-corrected chi connectivity index (χ4v) is 4.07. The largest absolute Gasteiger partial charge is 0.476 e. The second-order valence-corrected chi connectivity index (χ2v) is 8.38. The molecule has 8 nitrogen and oxygen atoms in total. The number of fused-ring (bicyclic) bond motifs is 1. The lowest BCUT2D eigenvalue weighted by Gasteiger charge is -2.32. The molecule has 2 N–H and O–H groups in total. The molecule has 2 aromatic rings. The van der Waals surface area contributed by atoms with Gasteiger partial charge in [-0.05, 0) is 63.9 Å². The first-order chi connectivity index (χ1) is 14.7. The van der Waals surface area contributed by atoms with Crippen molar-refractivity contribution >= 4 is 23.4 Å². The molecule has 1 unspecified atom stereocenters. The Labute approximate surface area is 181 Å². The Hall–Kier alpha value is -3.42. The van der Waals surface area contributed by atoms with Gasteiger partial charge in [-0.25, -0.2) is 0 Å². The van der Waals surface area contributed by atoms with Crippen LogP contribution in [0, 0.1) is 6.92 Å². The number of ether oxygens (including phenoxy) is 1. The minimum absolute atomic E-state index is 0.126. The average molecular weight is 422 g/mol. The van der Waals surface area contributed by atoms with Gasteiger partial charge in [0, 0.05) is 19.2 Å². The topological polar surface area (TPSA) is 101 Å². The number of amides is 3. The Morgan fingerprint density at radius 3 is 2.74 bits per heavy atom. The van der Waals surface area contributed by atoms with Crippen LogP contribution < -0.4 is 15.4 Å². The van der Waals surface area contributed by atoms with Gasteiger partial charge in [0.05, 0.1) is 28.7 Å². The van der Waals surface area contributed by atoms with Crippen LogP contribution in [-0.4, -0.2) is 46.8 Å². The van der Waals surface area contributed by atoms with Crippen molar-refractivity contribution in [1.82, 2.24) is 15.2 Å². The smallest absolute Gasteiger partial charge is 0.268 e. The molecule has 4 rings (SSSR count). The number of anilines is 1. The molecule has 1 saturated heterocycles. The molecule has 2 aliphatic heterocycles. The number of pyridine rings is 1. The van der Waals surface area contributed by atoms with Crippen molar-refractivity contribution in [2.75, 3.05) is 18.9 Å². The first-order valence-electron chi connectivity index (χ1n) is 10.4. The number of nitrogens with one attached hydrogen (secondary N) is 2. The molecule has 3 amide bonds. The standard InChI is InChI=1S/C23H26N4O4/c1-13-15(20(28)24-4)8-9-16(25-13)18-6-5-11-27(18)21(29)14-7-10-19-17(12-14)26-22(30)23(2,3)31-19/h7-10,12,18H,5-6,11H2,1-4H3,(H,24,28)(H,26,30). The van der Waals surface area contributed by atoms with Gasteiger partial charge in [-0.2, -0.15) is 0 Å². The van der Waals surface area contributed by atoms with Gasteiger partial charge in [-0.3, -0.25) is 19.4 Å². The molecule has 0 saturated carbocycles. The van der Waals surface area contributed by atoms with Crippen LogP contribution in [0.15, 0.2) is 30.3 Å². The number of likely N-dealkylation sites (tertiary alicyclic amines) is 1. The third-order valence-electron chi connectivity index (χ3n) is 5.82. The van der Waals surface area contributed by atoms with E-state index in [1.165, 1.54) is 0 Å². The van der Waals surface area contributed by atoms with Gasteiger partial charge >= 0.3 is 0 Å². The molecule has 0 aliphatic carbocycles. The Morgan fingerprint density at radius 2 is 2.03 bits per heavy atom. The Kier molecular flexibility index (Phi) is 5.16. The van der Waals surface area contributed by atoms with Gasteiger partial charge in [0.25, 0.3) is 17.7 Å². The number of carbonyl (C=O) groups is 3. The Bertz CT molecular complexity index is 1080. The number of aromatic nitrogens is 1. The highest BCUT2D eigenvalue weighted by molar-refractivity contribution is 6.02. The van der Waals surface area contributed by atoms with Crippen molar-refractivity contribution in [3.63, 3.8) is 0 Å². The molecule has 1 fully saturated rings. The quantitative estimate of drug-likeness (QED) is 0.792. The predicted molar refractivity (Wildman–Crippen MR) is 115 cm³/mol. The molecule has 31 heavy (non-hydrogen) atoms. The van der Waals surface area contributed by atoms with Crippen molar-refractivity contribution in [3.05, 3.63) is 52.8 Å². The number of aryl methyl sites for hydroxylation is 1. The molecule has 162 valence electrons. The summed E-state index contributed by atoms with van der Waals surface area (Å²) >= 11 is 0. The molecule has 2 aliphatic rings. The van der Waals surface area contributed by atoms with Crippen LogP contribution in [0.2, 0.25) is 0 Å².